The predicted molar refractivity (Wildman–Crippen MR) is 110 cm³/mol. The van der Waals surface area contributed by atoms with Crippen LogP contribution in [0.3, 0.4) is 0 Å². The van der Waals surface area contributed by atoms with Crippen molar-refractivity contribution in [1.29, 1.82) is 0 Å². The normalized spacial score (nSPS) is 14.1. The van der Waals surface area contributed by atoms with Crippen LogP contribution in [-0.4, -0.2) is 56.9 Å². The van der Waals surface area contributed by atoms with Gasteiger partial charge in [0.15, 0.2) is 0 Å². The minimum Gasteiger partial charge on any atom is -0.337 e. The van der Waals surface area contributed by atoms with Gasteiger partial charge in [0.1, 0.15) is 5.69 Å². The summed E-state index contributed by atoms with van der Waals surface area (Å²) >= 11 is 0. The minimum atomic E-state index is -0.527. The van der Waals surface area contributed by atoms with Gasteiger partial charge in [-0.15, -0.1) is 0 Å². The predicted octanol–water partition coefficient (Wildman–Crippen LogP) is 1.81. The van der Waals surface area contributed by atoms with Crippen LogP contribution >= 0.6 is 0 Å². The summed E-state index contributed by atoms with van der Waals surface area (Å²) in [6, 6.07) is 9.30. The number of amides is 1. The molecule has 148 valence electrons. The van der Waals surface area contributed by atoms with Crippen molar-refractivity contribution in [2.45, 2.75) is 13.8 Å². The molecule has 1 N–H and O–H groups in total. The molecule has 0 unspecified atom stereocenters. The Morgan fingerprint density at radius 1 is 1.00 bits per heavy atom. The molecule has 29 heavy (non-hydrogen) atoms. The van der Waals surface area contributed by atoms with Gasteiger partial charge >= 0.3 is 5.69 Å². The van der Waals surface area contributed by atoms with Crippen molar-refractivity contribution in [3.63, 3.8) is 0 Å². The number of H-pyrrole nitrogens is 1. The topological polar surface area (TPSA) is 95.1 Å². The molecule has 1 saturated heterocycles. The maximum Gasteiger partial charge on any atom is 0.346 e. The number of rotatable bonds is 3. The largest absolute Gasteiger partial charge is 0.346 e. The fourth-order valence-corrected chi connectivity index (χ4v) is 3.36. The molecular weight excluding hydrogens is 368 g/mol. The molecule has 0 radical (unpaired) electrons. The summed E-state index contributed by atoms with van der Waals surface area (Å²) in [7, 11) is 0. The zero-order valence-corrected chi connectivity index (χ0v) is 16.4. The number of aryl methyl sites for hydroxylation is 2. The van der Waals surface area contributed by atoms with Crippen LogP contribution in [0.5, 0.6) is 0 Å². The van der Waals surface area contributed by atoms with E-state index in [0.29, 0.717) is 37.8 Å². The van der Waals surface area contributed by atoms with Gasteiger partial charge in [0.2, 0.25) is 5.95 Å². The highest BCUT2D eigenvalue weighted by Crippen LogP contribution is 2.20. The Labute approximate surface area is 168 Å². The molecular formula is C21H22N6O2. The highest BCUT2D eigenvalue weighted by molar-refractivity contribution is 5.93. The number of carbonyl (C=O) groups is 1. The summed E-state index contributed by atoms with van der Waals surface area (Å²) in [6.45, 7) is 6.36. The fraction of sp³-hybridized carbons (Fsp3) is 0.286. The number of nitrogens with zero attached hydrogens (tertiary/aromatic N) is 5. The second kappa shape index (κ2) is 7.83. The second-order valence-electron chi connectivity index (χ2n) is 7.11. The van der Waals surface area contributed by atoms with Gasteiger partial charge in [-0.3, -0.25) is 4.79 Å². The number of anilines is 1. The lowest BCUT2D eigenvalue weighted by atomic mass is 10.0. The van der Waals surface area contributed by atoms with Crippen molar-refractivity contribution >= 4 is 11.9 Å². The van der Waals surface area contributed by atoms with Crippen molar-refractivity contribution in [3.8, 4) is 11.3 Å². The first-order chi connectivity index (χ1) is 14.0. The van der Waals surface area contributed by atoms with E-state index in [9.17, 15) is 9.59 Å². The van der Waals surface area contributed by atoms with Crippen LogP contribution in [0.15, 0.2) is 47.5 Å². The summed E-state index contributed by atoms with van der Waals surface area (Å²) < 4.78 is 0. The Kier molecular flexibility index (Phi) is 5.07. The van der Waals surface area contributed by atoms with Gasteiger partial charge < -0.3 is 14.8 Å². The van der Waals surface area contributed by atoms with Crippen molar-refractivity contribution in [2.24, 2.45) is 0 Å². The highest BCUT2D eigenvalue weighted by atomic mass is 16.2. The zero-order chi connectivity index (χ0) is 20.4. The van der Waals surface area contributed by atoms with Gasteiger partial charge in [-0.2, -0.15) is 4.98 Å². The molecule has 0 atom stereocenters. The van der Waals surface area contributed by atoms with Gasteiger partial charge in [-0.05, 0) is 43.2 Å². The van der Waals surface area contributed by atoms with Crippen molar-refractivity contribution in [1.82, 2.24) is 24.8 Å². The van der Waals surface area contributed by atoms with E-state index < -0.39 is 5.69 Å². The molecule has 1 aliphatic rings. The van der Waals surface area contributed by atoms with E-state index in [1.165, 1.54) is 0 Å². The lowest BCUT2D eigenvalue weighted by Crippen LogP contribution is -2.49. The van der Waals surface area contributed by atoms with Gasteiger partial charge in [-0.1, -0.05) is 12.1 Å². The molecule has 2 aromatic heterocycles. The van der Waals surface area contributed by atoms with Crippen molar-refractivity contribution in [2.75, 3.05) is 31.1 Å². The molecule has 1 aromatic carbocycles. The molecule has 8 heteroatoms. The lowest BCUT2D eigenvalue weighted by molar-refractivity contribution is 0.0740. The third-order valence-electron chi connectivity index (χ3n) is 5.18. The molecule has 1 amide bonds. The summed E-state index contributed by atoms with van der Waals surface area (Å²) in [4.78, 5) is 44.0. The number of piperazine rings is 1. The van der Waals surface area contributed by atoms with E-state index in [4.69, 9.17) is 0 Å². The Morgan fingerprint density at radius 3 is 2.41 bits per heavy atom. The number of hydrogen-bond acceptors (Lipinski definition) is 6. The van der Waals surface area contributed by atoms with Gasteiger partial charge in [-0.25, -0.2) is 14.8 Å². The van der Waals surface area contributed by atoms with E-state index in [2.05, 4.69) is 19.9 Å². The first kappa shape index (κ1) is 18.8. The number of aromatic nitrogens is 4. The third-order valence-corrected chi connectivity index (χ3v) is 5.18. The average Bonchev–Trinajstić information content (AvgIpc) is 2.75. The highest BCUT2D eigenvalue weighted by Gasteiger charge is 2.24. The number of carbonyl (C=O) groups excluding carboxylic acids is 1. The van der Waals surface area contributed by atoms with E-state index in [1.54, 1.807) is 29.4 Å². The fourth-order valence-electron chi connectivity index (χ4n) is 3.36. The van der Waals surface area contributed by atoms with Crippen LogP contribution in [0, 0.1) is 13.8 Å². The Balaban J connectivity index is 1.53. The monoisotopic (exact) mass is 390 g/mol. The number of aromatic amines is 1. The van der Waals surface area contributed by atoms with Crippen LogP contribution in [0.25, 0.3) is 11.3 Å². The minimum absolute atomic E-state index is 0.205. The summed E-state index contributed by atoms with van der Waals surface area (Å²) in [5.41, 5.74) is 3.31. The standard InChI is InChI=1S/C21H22N6O2/c1-14-4-5-16(12-15(14)2)17-13-18(25-21(29)24-17)19(28)26-8-10-27(11-9-26)20-22-6-3-7-23-20/h3-7,12-13H,8-11H2,1-2H3,(H,24,25,29). The van der Waals surface area contributed by atoms with Gasteiger partial charge in [0, 0.05) is 44.1 Å². The molecule has 3 heterocycles. The first-order valence-electron chi connectivity index (χ1n) is 9.51. The molecule has 0 spiro atoms. The van der Waals surface area contributed by atoms with Crippen LogP contribution < -0.4 is 10.6 Å². The molecule has 0 aliphatic carbocycles. The van der Waals surface area contributed by atoms with E-state index in [1.807, 2.05) is 36.9 Å². The average molecular weight is 390 g/mol. The molecule has 0 bridgehead atoms. The Bertz CT molecular complexity index is 1090. The lowest BCUT2D eigenvalue weighted by Gasteiger charge is -2.34. The summed E-state index contributed by atoms with van der Waals surface area (Å²) in [5, 5.41) is 0. The Hall–Kier alpha value is -3.55. The van der Waals surface area contributed by atoms with Crippen LogP contribution in [-0.2, 0) is 0 Å². The number of nitrogens with one attached hydrogen (secondary N) is 1. The van der Waals surface area contributed by atoms with Crippen LogP contribution in [0.4, 0.5) is 5.95 Å². The molecule has 0 saturated carbocycles. The molecule has 4 rings (SSSR count). The number of benzene rings is 1. The van der Waals surface area contributed by atoms with E-state index >= 15 is 0 Å². The number of hydrogen-bond donors (Lipinski definition) is 1. The molecule has 3 aromatic rings. The van der Waals surface area contributed by atoms with Crippen LogP contribution in [0.1, 0.15) is 21.6 Å². The molecule has 1 aliphatic heterocycles. The smallest absolute Gasteiger partial charge is 0.337 e. The SMILES string of the molecule is Cc1ccc(-c2cc(C(=O)N3CCN(c4ncccn4)CC3)[nH]c(=O)n2)cc1C. The van der Waals surface area contributed by atoms with Gasteiger partial charge in [0.25, 0.3) is 5.91 Å². The quantitative estimate of drug-likeness (QED) is 0.733. The maximum atomic E-state index is 13.0. The summed E-state index contributed by atoms with van der Waals surface area (Å²) in [5.74, 6) is 0.456. The summed E-state index contributed by atoms with van der Waals surface area (Å²) in [6.07, 6.45) is 3.41. The second-order valence-corrected chi connectivity index (χ2v) is 7.11. The van der Waals surface area contributed by atoms with E-state index in [0.717, 1.165) is 16.7 Å². The first-order valence-corrected chi connectivity index (χ1v) is 9.51. The van der Waals surface area contributed by atoms with E-state index in [-0.39, 0.29) is 11.6 Å². The Morgan fingerprint density at radius 2 is 1.72 bits per heavy atom. The van der Waals surface area contributed by atoms with Crippen molar-refractivity contribution < 1.29 is 4.79 Å². The molecule has 1 fully saturated rings. The molecule has 8 nitrogen and oxygen atoms in total. The maximum absolute atomic E-state index is 13.0. The van der Waals surface area contributed by atoms with Crippen molar-refractivity contribution in [3.05, 3.63) is 70.0 Å². The zero-order valence-electron chi connectivity index (χ0n) is 16.4. The van der Waals surface area contributed by atoms with Crippen LogP contribution in [0.2, 0.25) is 0 Å². The third kappa shape index (κ3) is 4.01. The van der Waals surface area contributed by atoms with Gasteiger partial charge in [0.05, 0.1) is 5.69 Å².